The summed E-state index contributed by atoms with van der Waals surface area (Å²) in [6.07, 6.45) is 3.96. The van der Waals surface area contributed by atoms with E-state index in [9.17, 15) is 0 Å². The zero-order valence-electron chi connectivity index (χ0n) is 9.11. The van der Waals surface area contributed by atoms with Crippen molar-refractivity contribution >= 4 is 0 Å². The molecule has 0 amide bonds. The molecule has 0 bridgehead atoms. The first kappa shape index (κ1) is 10.3. The lowest BCUT2D eigenvalue weighted by molar-refractivity contribution is 0.828. The SMILES string of the molecule is C=C(C)C(C(=C)CC1CC1)=C(C)C. The third-order valence-corrected chi connectivity index (χ3v) is 2.51. The lowest BCUT2D eigenvalue weighted by Gasteiger charge is -2.12. The average Bonchev–Trinajstić information content (AvgIpc) is 2.68. The van der Waals surface area contributed by atoms with Crippen LogP contribution < -0.4 is 0 Å². The van der Waals surface area contributed by atoms with E-state index in [1.807, 2.05) is 0 Å². The Kier molecular flexibility index (Phi) is 3.13. The Labute approximate surface area is 82.0 Å². The predicted octanol–water partition coefficient (Wildman–Crippen LogP) is 4.26. The maximum atomic E-state index is 4.16. The third kappa shape index (κ3) is 2.87. The highest BCUT2D eigenvalue weighted by atomic mass is 14.3. The van der Waals surface area contributed by atoms with Crippen molar-refractivity contribution in [2.75, 3.05) is 0 Å². The van der Waals surface area contributed by atoms with Gasteiger partial charge in [0.25, 0.3) is 0 Å². The summed E-state index contributed by atoms with van der Waals surface area (Å²) < 4.78 is 0. The molecule has 0 radical (unpaired) electrons. The van der Waals surface area contributed by atoms with Gasteiger partial charge in [0.2, 0.25) is 0 Å². The van der Waals surface area contributed by atoms with Crippen molar-refractivity contribution in [2.24, 2.45) is 5.92 Å². The van der Waals surface area contributed by atoms with Crippen molar-refractivity contribution in [3.63, 3.8) is 0 Å². The van der Waals surface area contributed by atoms with Crippen molar-refractivity contribution in [3.8, 4) is 0 Å². The maximum Gasteiger partial charge on any atom is -0.0220 e. The van der Waals surface area contributed by atoms with Gasteiger partial charge >= 0.3 is 0 Å². The number of hydrogen-bond acceptors (Lipinski definition) is 0. The van der Waals surface area contributed by atoms with Crippen LogP contribution in [0.15, 0.2) is 35.5 Å². The van der Waals surface area contributed by atoms with Crippen LogP contribution >= 0.6 is 0 Å². The molecule has 0 aromatic rings. The largest absolute Gasteiger partial charge is 0.0955 e. The molecule has 13 heavy (non-hydrogen) atoms. The fraction of sp³-hybridized carbons (Fsp3) is 0.538. The van der Waals surface area contributed by atoms with Crippen LogP contribution in [-0.2, 0) is 0 Å². The highest BCUT2D eigenvalue weighted by Gasteiger charge is 2.23. The first-order chi connectivity index (χ1) is 6.02. The van der Waals surface area contributed by atoms with Crippen molar-refractivity contribution in [2.45, 2.75) is 40.0 Å². The second kappa shape index (κ2) is 3.95. The van der Waals surface area contributed by atoms with E-state index < -0.39 is 0 Å². The molecule has 0 heteroatoms. The van der Waals surface area contributed by atoms with Gasteiger partial charge in [0.15, 0.2) is 0 Å². The fourth-order valence-electron chi connectivity index (χ4n) is 1.85. The van der Waals surface area contributed by atoms with Crippen LogP contribution in [0.25, 0.3) is 0 Å². The normalized spacial score (nSPS) is 15.3. The molecule has 1 aliphatic carbocycles. The minimum atomic E-state index is 0.918. The van der Waals surface area contributed by atoms with E-state index in [1.54, 1.807) is 0 Å². The molecule has 0 aliphatic heterocycles. The minimum absolute atomic E-state index is 0.918. The first-order valence-electron chi connectivity index (χ1n) is 5.04. The van der Waals surface area contributed by atoms with Crippen LogP contribution in [0.1, 0.15) is 40.0 Å². The van der Waals surface area contributed by atoms with E-state index in [0.717, 1.165) is 11.5 Å². The van der Waals surface area contributed by atoms with Crippen LogP contribution in [0.5, 0.6) is 0 Å². The molecule has 0 N–H and O–H groups in total. The number of rotatable bonds is 4. The Morgan fingerprint density at radius 2 is 1.69 bits per heavy atom. The van der Waals surface area contributed by atoms with E-state index >= 15 is 0 Å². The summed E-state index contributed by atoms with van der Waals surface area (Å²) in [5.74, 6) is 0.918. The van der Waals surface area contributed by atoms with E-state index in [4.69, 9.17) is 0 Å². The molecule has 72 valence electrons. The molecule has 0 aromatic carbocycles. The molecule has 0 saturated heterocycles. The number of hydrogen-bond donors (Lipinski definition) is 0. The van der Waals surface area contributed by atoms with E-state index in [2.05, 4.69) is 33.9 Å². The molecule has 0 aromatic heterocycles. The molecular formula is C13H20. The van der Waals surface area contributed by atoms with Gasteiger partial charge < -0.3 is 0 Å². The Hall–Kier alpha value is -0.780. The van der Waals surface area contributed by atoms with Crippen LogP contribution in [0.4, 0.5) is 0 Å². The molecule has 1 fully saturated rings. The zero-order chi connectivity index (χ0) is 10.0. The standard InChI is InChI=1S/C13H20/c1-9(2)13(10(3)4)11(5)8-12-6-7-12/h12H,1,5-8H2,2-4H3. The summed E-state index contributed by atoms with van der Waals surface area (Å²) in [5.41, 5.74) is 5.10. The average molecular weight is 176 g/mol. The summed E-state index contributed by atoms with van der Waals surface area (Å²) in [7, 11) is 0. The minimum Gasteiger partial charge on any atom is -0.0955 e. The van der Waals surface area contributed by atoms with Crippen LogP contribution in [0, 0.1) is 5.92 Å². The first-order valence-corrected chi connectivity index (χ1v) is 5.04. The Morgan fingerprint density at radius 1 is 1.15 bits per heavy atom. The Balaban J connectivity index is 2.69. The summed E-state index contributed by atoms with van der Waals surface area (Å²) in [4.78, 5) is 0. The quantitative estimate of drug-likeness (QED) is 0.561. The summed E-state index contributed by atoms with van der Waals surface area (Å²) in [6, 6.07) is 0. The van der Waals surface area contributed by atoms with Gasteiger partial charge in [0, 0.05) is 0 Å². The molecule has 1 saturated carbocycles. The Morgan fingerprint density at radius 3 is 2.00 bits per heavy atom. The van der Waals surface area contributed by atoms with Crippen LogP contribution in [0.2, 0.25) is 0 Å². The highest BCUT2D eigenvalue weighted by Crippen LogP contribution is 2.38. The third-order valence-electron chi connectivity index (χ3n) is 2.51. The van der Waals surface area contributed by atoms with E-state index in [0.29, 0.717) is 0 Å². The molecule has 0 spiro atoms. The molecule has 0 unspecified atom stereocenters. The van der Waals surface area contributed by atoms with E-state index in [-0.39, 0.29) is 0 Å². The lowest BCUT2D eigenvalue weighted by Crippen LogP contribution is -1.94. The smallest absolute Gasteiger partial charge is 0.0220 e. The second-order valence-electron chi connectivity index (χ2n) is 4.41. The fourth-order valence-corrected chi connectivity index (χ4v) is 1.85. The molecule has 1 rings (SSSR count). The van der Waals surface area contributed by atoms with Gasteiger partial charge in [-0.1, -0.05) is 24.3 Å². The molecule has 0 atom stereocenters. The molecule has 1 aliphatic rings. The van der Waals surface area contributed by atoms with Gasteiger partial charge in [-0.2, -0.15) is 0 Å². The van der Waals surface area contributed by atoms with Crippen molar-refractivity contribution in [1.29, 1.82) is 0 Å². The second-order valence-corrected chi connectivity index (χ2v) is 4.41. The summed E-state index contributed by atoms with van der Waals surface area (Å²) in [6.45, 7) is 14.5. The van der Waals surface area contributed by atoms with Crippen molar-refractivity contribution in [1.82, 2.24) is 0 Å². The summed E-state index contributed by atoms with van der Waals surface area (Å²) in [5, 5.41) is 0. The Bertz CT molecular complexity index is 258. The van der Waals surface area contributed by atoms with Crippen LogP contribution in [-0.4, -0.2) is 0 Å². The number of allylic oxidation sites excluding steroid dienone is 4. The lowest BCUT2D eigenvalue weighted by atomic mass is 9.93. The topological polar surface area (TPSA) is 0 Å². The molecule has 0 heterocycles. The van der Waals surface area contributed by atoms with Gasteiger partial charge in [-0.25, -0.2) is 0 Å². The monoisotopic (exact) mass is 176 g/mol. The molecular weight excluding hydrogens is 156 g/mol. The van der Waals surface area contributed by atoms with Crippen LogP contribution in [0.3, 0.4) is 0 Å². The van der Waals surface area contributed by atoms with Crippen molar-refractivity contribution in [3.05, 3.63) is 35.5 Å². The summed E-state index contributed by atoms with van der Waals surface area (Å²) >= 11 is 0. The predicted molar refractivity (Wildman–Crippen MR) is 59.7 cm³/mol. The van der Waals surface area contributed by atoms with Gasteiger partial charge in [0.1, 0.15) is 0 Å². The van der Waals surface area contributed by atoms with E-state index in [1.165, 1.54) is 36.0 Å². The highest BCUT2D eigenvalue weighted by molar-refractivity contribution is 5.45. The van der Waals surface area contributed by atoms with Gasteiger partial charge in [-0.3, -0.25) is 0 Å². The van der Waals surface area contributed by atoms with Gasteiger partial charge in [-0.15, -0.1) is 0 Å². The van der Waals surface area contributed by atoms with Gasteiger partial charge in [-0.05, 0) is 57.1 Å². The maximum absolute atomic E-state index is 4.16. The zero-order valence-corrected chi connectivity index (χ0v) is 9.11. The molecule has 0 nitrogen and oxygen atoms in total. The van der Waals surface area contributed by atoms with Crippen molar-refractivity contribution < 1.29 is 0 Å². The van der Waals surface area contributed by atoms with Gasteiger partial charge in [0.05, 0.1) is 0 Å².